The molecule has 0 aromatic heterocycles. The van der Waals surface area contributed by atoms with Crippen molar-refractivity contribution in [2.24, 2.45) is 0 Å². The summed E-state index contributed by atoms with van der Waals surface area (Å²) in [5.41, 5.74) is 0.605. The highest BCUT2D eigenvalue weighted by molar-refractivity contribution is 6.69. The van der Waals surface area contributed by atoms with Crippen LogP contribution < -0.4 is 0 Å². The summed E-state index contributed by atoms with van der Waals surface area (Å²) in [6.45, 7) is 8.25. The quantitative estimate of drug-likeness (QED) is 0.742. The van der Waals surface area contributed by atoms with Gasteiger partial charge in [-0.15, -0.1) is 0 Å². The van der Waals surface area contributed by atoms with Crippen LogP contribution in [0.4, 0.5) is 0 Å². The molecule has 0 bridgehead atoms. The summed E-state index contributed by atoms with van der Waals surface area (Å²) in [5.74, 6) is 0. The van der Waals surface area contributed by atoms with Crippen LogP contribution in [0.3, 0.4) is 0 Å². The van der Waals surface area contributed by atoms with Gasteiger partial charge in [-0.25, -0.2) is 0 Å². The summed E-state index contributed by atoms with van der Waals surface area (Å²) < 4.78 is 5.97. The number of nitriles is 1. The fourth-order valence-electron chi connectivity index (χ4n) is 1.83. The van der Waals surface area contributed by atoms with Gasteiger partial charge in [0.05, 0.1) is 6.07 Å². The Bertz CT molecular complexity index is 391. The summed E-state index contributed by atoms with van der Waals surface area (Å²) in [6, 6.07) is 12.6. The molecule has 1 aromatic carbocycles. The zero-order chi connectivity index (χ0) is 12.9. The van der Waals surface area contributed by atoms with Crippen molar-refractivity contribution in [3.63, 3.8) is 0 Å². The first kappa shape index (κ1) is 13.9. The molecular formula is C14H21NOSi. The zero-order valence-electron chi connectivity index (χ0n) is 11.2. The molecule has 1 rings (SSSR count). The van der Waals surface area contributed by atoms with Gasteiger partial charge in [-0.2, -0.15) is 5.26 Å². The Balaban J connectivity index is 2.62. The van der Waals surface area contributed by atoms with Gasteiger partial charge in [-0.3, -0.25) is 0 Å². The molecule has 0 amide bonds. The molecule has 0 aliphatic rings. The summed E-state index contributed by atoms with van der Waals surface area (Å²) in [7, 11) is -1.67. The lowest BCUT2D eigenvalue weighted by atomic mass is 9.98. The molecule has 0 fully saturated rings. The molecule has 0 spiro atoms. The summed E-state index contributed by atoms with van der Waals surface area (Å²) in [4.78, 5) is 0. The van der Waals surface area contributed by atoms with E-state index in [1.54, 1.807) is 0 Å². The molecular weight excluding hydrogens is 226 g/mol. The van der Waals surface area contributed by atoms with Crippen molar-refractivity contribution in [1.82, 2.24) is 0 Å². The Kier molecular flexibility index (Phi) is 4.50. The number of rotatable bonds is 5. The normalized spacial score (nSPS) is 15.0. The molecule has 2 nitrogen and oxygen atoms in total. The minimum absolute atomic E-state index is 0.652. The molecule has 0 N–H and O–H groups in total. The molecule has 0 radical (unpaired) electrons. The first-order valence-electron chi connectivity index (χ1n) is 6.00. The van der Waals surface area contributed by atoms with Crippen LogP contribution in [0.2, 0.25) is 19.6 Å². The highest BCUT2D eigenvalue weighted by Gasteiger charge is 2.31. The number of hydrogen-bond acceptors (Lipinski definition) is 2. The van der Waals surface area contributed by atoms with Crippen molar-refractivity contribution in [3.8, 4) is 6.07 Å². The average Bonchev–Trinajstić information content (AvgIpc) is 2.26. The lowest BCUT2D eigenvalue weighted by Gasteiger charge is -2.30. The van der Waals surface area contributed by atoms with Gasteiger partial charge < -0.3 is 4.43 Å². The van der Waals surface area contributed by atoms with Gasteiger partial charge in [0.25, 0.3) is 0 Å². The monoisotopic (exact) mass is 247 g/mol. The van der Waals surface area contributed by atoms with Gasteiger partial charge in [-0.1, -0.05) is 30.3 Å². The van der Waals surface area contributed by atoms with Crippen molar-refractivity contribution in [3.05, 3.63) is 35.9 Å². The Morgan fingerprint density at radius 1 is 1.24 bits per heavy atom. The summed E-state index contributed by atoms with van der Waals surface area (Å²) in [5, 5.41) is 9.27. The third kappa shape index (κ3) is 5.16. The average molecular weight is 247 g/mol. The van der Waals surface area contributed by atoms with Gasteiger partial charge in [0, 0.05) is 0 Å². The molecule has 0 saturated heterocycles. The van der Waals surface area contributed by atoms with Crippen LogP contribution in [0.1, 0.15) is 18.9 Å². The molecule has 1 aromatic rings. The van der Waals surface area contributed by atoms with E-state index in [0.717, 1.165) is 12.8 Å². The van der Waals surface area contributed by atoms with Gasteiger partial charge in [-0.05, 0) is 45.0 Å². The van der Waals surface area contributed by atoms with E-state index in [9.17, 15) is 5.26 Å². The molecule has 3 heteroatoms. The van der Waals surface area contributed by atoms with E-state index < -0.39 is 13.9 Å². The molecule has 92 valence electrons. The lowest BCUT2D eigenvalue weighted by molar-refractivity contribution is 0.130. The van der Waals surface area contributed by atoms with Gasteiger partial charge in [0.1, 0.15) is 5.60 Å². The fourth-order valence-corrected chi connectivity index (χ4v) is 3.33. The van der Waals surface area contributed by atoms with Crippen molar-refractivity contribution in [2.45, 2.75) is 45.0 Å². The van der Waals surface area contributed by atoms with E-state index >= 15 is 0 Å². The predicted octanol–water partition coefficient (Wildman–Crippen LogP) is 3.75. The van der Waals surface area contributed by atoms with E-state index in [1.807, 2.05) is 25.1 Å². The standard InChI is InChI=1S/C14H21NOSi/c1-14(12-15,16-17(2,3)4)11-10-13-8-6-5-7-9-13/h5-9H,10-11H2,1-4H3/t14-/m1/s1. The van der Waals surface area contributed by atoms with Gasteiger partial charge in [0.15, 0.2) is 8.32 Å². The molecule has 0 aliphatic carbocycles. The minimum atomic E-state index is -1.67. The van der Waals surface area contributed by atoms with Crippen LogP contribution in [-0.2, 0) is 10.8 Å². The predicted molar refractivity (Wildman–Crippen MR) is 73.2 cm³/mol. The summed E-state index contributed by atoms with van der Waals surface area (Å²) >= 11 is 0. The fraction of sp³-hybridized carbons (Fsp3) is 0.500. The molecule has 0 saturated carbocycles. The number of nitrogens with zero attached hydrogens (tertiary/aromatic N) is 1. The minimum Gasteiger partial charge on any atom is -0.400 e. The third-order valence-corrected chi connectivity index (χ3v) is 3.56. The first-order chi connectivity index (χ1) is 7.85. The number of hydrogen-bond donors (Lipinski definition) is 0. The highest BCUT2D eigenvalue weighted by Crippen LogP contribution is 2.22. The molecule has 1 atom stereocenters. The van der Waals surface area contributed by atoms with Crippen LogP contribution in [-0.4, -0.2) is 13.9 Å². The topological polar surface area (TPSA) is 33.0 Å². The molecule has 0 unspecified atom stereocenters. The van der Waals surface area contributed by atoms with E-state index in [-0.39, 0.29) is 0 Å². The van der Waals surface area contributed by atoms with Crippen LogP contribution in [0.25, 0.3) is 0 Å². The van der Waals surface area contributed by atoms with E-state index in [4.69, 9.17) is 4.43 Å². The Morgan fingerprint density at radius 2 is 1.82 bits per heavy atom. The van der Waals surface area contributed by atoms with Crippen molar-refractivity contribution < 1.29 is 4.43 Å². The maximum absolute atomic E-state index is 9.27. The second-order valence-corrected chi connectivity index (χ2v) is 9.97. The molecule has 0 aliphatic heterocycles. The number of aryl methyl sites for hydroxylation is 1. The third-order valence-electron chi connectivity index (χ3n) is 2.50. The maximum atomic E-state index is 9.27. The van der Waals surface area contributed by atoms with Crippen LogP contribution >= 0.6 is 0 Å². The second kappa shape index (κ2) is 5.48. The highest BCUT2D eigenvalue weighted by atomic mass is 28.4. The SMILES string of the molecule is C[C@](C#N)(CCc1ccccc1)O[Si](C)(C)C. The van der Waals surface area contributed by atoms with Crippen molar-refractivity contribution in [1.29, 1.82) is 5.26 Å². The molecule has 0 heterocycles. The van der Waals surface area contributed by atoms with Crippen LogP contribution in [0.15, 0.2) is 30.3 Å². The first-order valence-corrected chi connectivity index (χ1v) is 9.41. The largest absolute Gasteiger partial charge is 0.400 e. The second-order valence-electron chi connectivity index (χ2n) is 5.54. The summed E-state index contributed by atoms with van der Waals surface area (Å²) in [6.07, 6.45) is 1.63. The van der Waals surface area contributed by atoms with Crippen LogP contribution in [0.5, 0.6) is 0 Å². The van der Waals surface area contributed by atoms with Crippen molar-refractivity contribution in [2.75, 3.05) is 0 Å². The maximum Gasteiger partial charge on any atom is 0.185 e. The lowest BCUT2D eigenvalue weighted by Crippen LogP contribution is -2.39. The van der Waals surface area contributed by atoms with E-state index in [0.29, 0.717) is 0 Å². The van der Waals surface area contributed by atoms with Gasteiger partial charge in [0.2, 0.25) is 0 Å². The number of benzene rings is 1. The Hall–Kier alpha value is -1.11. The Labute approximate surface area is 105 Å². The van der Waals surface area contributed by atoms with Crippen molar-refractivity contribution >= 4 is 8.32 Å². The smallest absolute Gasteiger partial charge is 0.185 e. The van der Waals surface area contributed by atoms with Crippen LogP contribution in [0, 0.1) is 11.3 Å². The van der Waals surface area contributed by atoms with E-state index in [1.165, 1.54) is 5.56 Å². The van der Waals surface area contributed by atoms with E-state index in [2.05, 4.69) is 37.8 Å². The molecule has 17 heavy (non-hydrogen) atoms. The zero-order valence-corrected chi connectivity index (χ0v) is 12.2. The Morgan fingerprint density at radius 3 is 2.29 bits per heavy atom. The van der Waals surface area contributed by atoms with Gasteiger partial charge >= 0.3 is 0 Å².